The number of nitrogens with zero attached hydrogens (tertiary/aromatic N) is 1. The van der Waals surface area contributed by atoms with Crippen molar-refractivity contribution in [2.24, 2.45) is 0 Å². The molecule has 1 fully saturated rings. The Balaban J connectivity index is 1.72. The van der Waals surface area contributed by atoms with Crippen LogP contribution in [0.2, 0.25) is 0 Å². The number of sulfonamides is 1. The predicted octanol–water partition coefficient (Wildman–Crippen LogP) is 2.56. The van der Waals surface area contributed by atoms with Gasteiger partial charge >= 0.3 is 0 Å². The smallest absolute Gasteiger partial charge is 0.287 e. The van der Waals surface area contributed by atoms with Gasteiger partial charge in [0.15, 0.2) is 5.76 Å². The Morgan fingerprint density at radius 2 is 1.79 bits per heavy atom. The van der Waals surface area contributed by atoms with Crippen LogP contribution in [-0.4, -0.2) is 31.7 Å². The van der Waals surface area contributed by atoms with Gasteiger partial charge in [0.05, 0.1) is 6.04 Å². The Morgan fingerprint density at radius 1 is 1.12 bits per heavy atom. The van der Waals surface area contributed by atoms with Gasteiger partial charge in [-0.15, -0.1) is 0 Å². The zero-order valence-electron chi connectivity index (χ0n) is 13.4. The summed E-state index contributed by atoms with van der Waals surface area (Å²) in [6, 6.07) is 12.1. The van der Waals surface area contributed by atoms with Gasteiger partial charge in [-0.2, -0.15) is 4.31 Å². The molecule has 3 rings (SSSR count). The van der Waals surface area contributed by atoms with Gasteiger partial charge in [-0.3, -0.25) is 4.79 Å². The monoisotopic (exact) mass is 348 g/mol. The van der Waals surface area contributed by atoms with Crippen molar-refractivity contribution in [1.29, 1.82) is 0 Å². The summed E-state index contributed by atoms with van der Waals surface area (Å²) in [6.45, 7) is 2.85. The second-order valence-electron chi connectivity index (χ2n) is 5.84. The third kappa shape index (κ3) is 3.37. The predicted molar refractivity (Wildman–Crippen MR) is 89.0 cm³/mol. The van der Waals surface area contributed by atoms with E-state index in [-0.39, 0.29) is 16.9 Å². The summed E-state index contributed by atoms with van der Waals surface area (Å²) >= 11 is 0. The normalized spacial score (nSPS) is 16.9. The molecule has 1 aliphatic heterocycles. The van der Waals surface area contributed by atoms with Crippen molar-refractivity contribution in [3.63, 3.8) is 0 Å². The third-order valence-corrected chi connectivity index (χ3v) is 5.88. The molecule has 24 heavy (non-hydrogen) atoms. The molecule has 1 aromatic carbocycles. The highest BCUT2D eigenvalue weighted by Crippen LogP contribution is 2.23. The van der Waals surface area contributed by atoms with E-state index >= 15 is 0 Å². The van der Waals surface area contributed by atoms with Crippen molar-refractivity contribution in [1.82, 2.24) is 9.62 Å². The first-order valence-electron chi connectivity index (χ1n) is 7.94. The minimum Gasteiger partial charge on any atom is -0.438 e. The SMILES string of the molecule is CC(NC(=O)c1ccc(S(=O)(=O)N2CCCC2)o1)c1ccccc1. The van der Waals surface area contributed by atoms with E-state index in [1.807, 2.05) is 37.3 Å². The van der Waals surface area contributed by atoms with Crippen LogP contribution in [0, 0.1) is 0 Å². The number of hydrogen-bond donors (Lipinski definition) is 1. The summed E-state index contributed by atoms with van der Waals surface area (Å²) in [5.41, 5.74) is 0.960. The molecule has 1 unspecified atom stereocenters. The van der Waals surface area contributed by atoms with Crippen LogP contribution in [0.15, 0.2) is 52.0 Å². The summed E-state index contributed by atoms with van der Waals surface area (Å²) in [5, 5.41) is 2.63. The summed E-state index contributed by atoms with van der Waals surface area (Å²) in [5.74, 6) is -0.440. The molecule has 2 heterocycles. The van der Waals surface area contributed by atoms with Gasteiger partial charge in [-0.25, -0.2) is 8.42 Å². The Hall–Kier alpha value is -2.12. The lowest BCUT2D eigenvalue weighted by molar-refractivity contribution is 0.0906. The van der Waals surface area contributed by atoms with E-state index in [1.54, 1.807) is 0 Å². The molecule has 1 amide bonds. The summed E-state index contributed by atoms with van der Waals surface area (Å²) < 4.78 is 31.5. The van der Waals surface area contributed by atoms with Crippen LogP contribution in [0.4, 0.5) is 0 Å². The first-order chi connectivity index (χ1) is 11.5. The minimum absolute atomic E-state index is 0.00412. The van der Waals surface area contributed by atoms with Crippen LogP contribution in [0.25, 0.3) is 0 Å². The van der Waals surface area contributed by atoms with Crippen LogP contribution in [0.3, 0.4) is 0 Å². The van der Waals surface area contributed by atoms with Gasteiger partial charge in [-0.05, 0) is 37.5 Å². The molecule has 1 aliphatic rings. The Bertz CT molecular complexity index is 808. The average Bonchev–Trinajstić information content (AvgIpc) is 3.27. The quantitative estimate of drug-likeness (QED) is 0.900. The lowest BCUT2D eigenvalue weighted by Gasteiger charge is -2.14. The number of amides is 1. The molecule has 2 aromatic rings. The molecule has 0 radical (unpaired) electrons. The van der Waals surface area contributed by atoms with Crippen molar-refractivity contribution < 1.29 is 17.6 Å². The fourth-order valence-electron chi connectivity index (χ4n) is 2.73. The highest BCUT2D eigenvalue weighted by atomic mass is 32.2. The largest absolute Gasteiger partial charge is 0.438 e. The molecule has 0 saturated carbocycles. The maximum absolute atomic E-state index is 12.4. The van der Waals surface area contributed by atoms with E-state index in [0.717, 1.165) is 18.4 Å². The van der Waals surface area contributed by atoms with Crippen molar-refractivity contribution in [2.45, 2.75) is 30.9 Å². The van der Waals surface area contributed by atoms with Crippen molar-refractivity contribution in [2.75, 3.05) is 13.1 Å². The fourth-order valence-corrected chi connectivity index (χ4v) is 4.16. The van der Waals surface area contributed by atoms with E-state index < -0.39 is 15.9 Å². The molecule has 0 aliphatic carbocycles. The lowest BCUT2D eigenvalue weighted by Crippen LogP contribution is -2.28. The molecule has 0 bridgehead atoms. The zero-order valence-corrected chi connectivity index (χ0v) is 14.3. The Morgan fingerprint density at radius 3 is 2.46 bits per heavy atom. The van der Waals surface area contributed by atoms with E-state index in [0.29, 0.717) is 13.1 Å². The lowest BCUT2D eigenvalue weighted by atomic mass is 10.1. The van der Waals surface area contributed by atoms with Crippen molar-refractivity contribution in [3.8, 4) is 0 Å². The molecule has 1 aromatic heterocycles. The number of furan rings is 1. The molecule has 128 valence electrons. The van der Waals surface area contributed by atoms with Crippen LogP contribution in [0.1, 0.15) is 41.9 Å². The minimum atomic E-state index is -3.65. The maximum atomic E-state index is 12.4. The van der Waals surface area contributed by atoms with E-state index in [2.05, 4.69) is 5.32 Å². The summed E-state index contributed by atoms with van der Waals surface area (Å²) in [7, 11) is -3.65. The zero-order chi connectivity index (χ0) is 17.2. The number of rotatable bonds is 5. The Kier molecular flexibility index (Phi) is 4.73. The first-order valence-corrected chi connectivity index (χ1v) is 9.38. The molecule has 1 N–H and O–H groups in total. The number of nitrogens with one attached hydrogen (secondary N) is 1. The number of benzene rings is 1. The van der Waals surface area contributed by atoms with Crippen molar-refractivity contribution >= 4 is 15.9 Å². The van der Waals surface area contributed by atoms with E-state index in [4.69, 9.17) is 4.42 Å². The average molecular weight is 348 g/mol. The molecular weight excluding hydrogens is 328 g/mol. The fraction of sp³-hybridized carbons (Fsp3) is 0.353. The molecule has 0 spiro atoms. The molecule has 6 nitrogen and oxygen atoms in total. The maximum Gasteiger partial charge on any atom is 0.287 e. The van der Waals surface area contributed by atoms with Crippen LogP contribution in [0.5, 0.6) is 0 Å². The van der Waals surface area contributed by atoms with Gasteiger partial charge in [-0.1, -0.05) is 30.3 Å². The standard InChI is InChI=1S/C17H20N2O4S/c1-13(14-7-3-2-4-8-14)18-17(20)15-9-10-16(23-15)24(21,22)19-11-5-6-12-19/h2-4,7-10,13H,5-6,11-12H2,1H3,(H,18,20). The van der Waals surface area contributed by atoms with Crippen molar-refractivity contribution in [3.05, 3.63) is 53.8 Å². The second-order valence-corrected chi connectivity index (χ2v) is 7.70. The van der Waals surface area contributed by atoms with Crippen LogP contribution < -0.4 is 5.32 Å². The van der Waals surface area contributed by atoms with Crippen LogP contribution in [-0.2, 0) is 10.0 Å². The van der Waals surface area contributed by atoms with E-state index in [1.165, 1.54) is 16.4 Å². The highest BCUT2D eigenvalue weighted by molar-refractivity contribution is 7.89. The molecule has 1 saturated heterocycles. The van der Waals surface area contributed by atoms with E-state index in [9.17, 15) is 13.2 Å². The highest BCUT2D eigenvalue weighted by Gasteiger charge is 2.30. The number of hydrogen-bond acceptors (Lipinski definition) is 4. The third-order valence-electron chi connectivity index (χ3n) is 4.11. The summed E-state index contributed by atoms with van der Waals surface area (Å²) in [4.78, 5) is 12.3. The van der Waals surface area contributed by atoms with Gasteiger partial charge in [0.1, 0.15) is 0 Å². The van der Waals surface area contributed by atoms with Crippen LogP contribution >= 0.6 is 0 Å². The topological polar surface area (TPSA) is 79.6 Å². The first kappa shape index (κ1) is 16.7. The van der Waals surface area contributed by atoms with Gasteiger partial charge in [0.25, 0.3) is 15.9 Å². The van der Waals surface area contributed by atoms with Gasteiger partial charge in [0, 0.05) is 13.1 Å². The Labute approximate surface area is 141 Å². The second kappa shape index (κ2) is 6.78. The number of carbonyl (C=O) groups is 1. The molecule has 7 heteroatoms. The number of carbonyl (C=O) groups excluding carboxylic acids is 1. The molecular formula is C17H20N2O4S. The molecule has 1 atom stereocenters. The summed E-state index contributed by atoms with van der Waals surface area (Å²) in [6.07, 6.45) is 1.70. The van der Waals surface area contributed by atoms with Gasteiger partial charge < -0.3 is 9.73 Å². The van der Waals surface area contributed by atoms with Gasteiger partial charge in [0.2, 0.25) is 5.09 Å².